The van der Waals surface area contributed by atoms with Crippen LogP contribution in [0.3, 0.4) is 0 Å². The molecule has 0 unspecified atom stereocenters. The first kappa shape index (κ1) is 10.5. The van der Waals surface area contributed by atoms with Crippen LogP contribution in [0.15, 0.2) is 0 Å². The molecule has 0 aromatic carbocycles. The van der Waals surface area contributed by atoms with E-state index in [1.807, 2.05) is 0 Å². The molecule has 1 nitrogen and oxygen atoms in total. The molecule has 2 saturated carbocycles. The third-order valence-electron chi connectivity index (χ3n) is 3.93. The molecule has 2 fully saturated rings. The van der Waals surface area contributed by atoms with Gasteiger partial charge in [-0.05, 0) is 38.5 Å². The van der Waals surface area contributed by atoms with Crippen LogP contribution in [-0.4, -0.2) is 12.1 Å². The predicted molar refractivity (Wildman–Crippen MR) is 61.4 cm³/mol. The topological polar surface area (TPSA) is 12.0 Å². The molecule has 0 bridgehead atoms. The van der Waals surface area contributed by atoms with Crippen LogP contribution in [0.5, 0.6) is 0 Å². The Hall–Kier alpha value is -0.0400. The van der Waals surface area contributed by atoms with Gasteiger partial charge in [0.25, 0.3) is 0 Å². The summed E-state index contributed by atoms with van der Waals surface area (Å²) in [5.41, 5.74) is 0. The molecule has 0 spiro atoms. The van der Waals surface area contributed by atoms with Gasteiger partial charge in [0.2, 0.25) is 0 Å². The molecule has 0 heterocycles. The average molecular weight is 195 g/mol. The van der Waals surface area contributed by atoms with E-state index < -0.39 is 0 Å². The molecule has 82 valence electrons. The lowest BCUT2D eigenvalue weighted by atomic mass is 9.96. The summed E-state index contributed by atoms with van der Waals surface area (Å²) in [5, 5.41) is 3.85. The van der Waals surface area contributed by atoms with Crippen molar-refractivity contribution in [3.05, 3.63) is 0 Å². The summed E-state index contributed by atoms with van der Waals surface area (Å²) in [5.74, 6) is 1.01. The minimum absolute atomic E-state index is 0.791. The zero-order valence-corrected chi connectivity index (χ0v) is 9.60. The molecule has 2 aliphatic carbocycles. The van der Waals surface area contributed by atoms with Gasteiger partial charge in [-0.15, -0.1) is 0 Å². The van der Waals surface area contributed by atoms with E-state index in [1.165, 1.54) is 57.8 Å². The number of hydrogen-bond donors (Lipinski definition) is 1. The molecule has 0 aromatic rings. The van der Waals surface area contributed by atoms with Crippen molar-refractivity contribution in [1.82, 2.24) is 5.32 Å². The van der Waals surface area contributed by atoms with Crippen LogP contribution < -0.4 is 5.32 Å². The molecule has 0 aromatic heterocycles. The van der Waals surface area contributed by atoms with E-state index in [2.05, 4.69) is 12.2 Å². The van der Waals surface area contributed by atoms with Crippen molar-refractivity contribution in [3.63, 3.8) is 0 Å². The second-order valence-corrected chi connectivity index (χ2v) is 5.33. The Labute approximate surface area is 88.7 Å². The molecule has 2 aliphatic rings. The summed E-state index contributed by atoms with van der Waals surface area (Å²) < 4.78 is 0. The molecule has 14 heavy (non-hydrogen) atoms. The summed E-state index contributed by atoms with van der Waals surface area (Å²) >= 11 is 0. The Morgan fingerprint density at radius 1 is 0.857 bits per heavy atom. The normalized spacial score (nSPS) is 28.1. The first-order chi connectivity index (χ1) is 6.86. The van der Waals surface area contributed by atoms with Crippen molar-refractivity contribution in [2.24, 2.45) is 5.92 Å². The summed E-state index contributed by atoms with van der Waals surface area (Å²) in [4.78, 5) is 0. The van der Waals surface area contributed by atoms with Crippen LogP contribution >= 0.6 is 0 Å². The quantitative estimate of drug-likeness (QED) is 0.727. The summed E-state index contributed by atoms with van der Waals surface area (Å²) in [6.07, 6.45) is 13.1. The second-order valence-electron chi connectivity index (χ2n) is 5.33. The zero-order chi connectivity index (χ0) is 9.80. The molecule has 1 atom stereocenters. The fourth-order valence-corrected chi connectivity index (χ4v) is 2.73. The van der Waals surface area contributed by atoms with Gasteiger partial charge >= 0.3 is 0 Å². The average Bonchev–Trinajstić information content (AvgIpc) is 2.91. The Kier molecular flexibility index (Phi) is 3.86. The second kappa shape index (κ2) is 5.16. The Morgan fingerprint density at radius 2 is 1.43 bits per heavy atom. The highest BCUT2D eigenvalue weighted by molar-refractivity contribution is 4.85. The van der Waals surface area contributed by atoms with Crippen LogP contribution in [-0.2, 0) is 0 Å². The monoisotopic (exact) mass is 195 g/mol. The lowest BCUT2D eigenvalue weighted by Gasteiger charge is -2.25. The molecular weight excluding hydrogens is 170 g/mol. The van der Waals surface area contributed by atoms with Gasteiger partial charge in [-0.1, -0.05) is 32.1 Å². The van der Waals surface area contributed by atoms with Crippen molar-refractivity contribution in [3.8, 4) is 0 Å². The van der Waals surface area contributed by atoms with Gasteiger partial charge in [-0.3, -0.25) is 0 Å². The maximum atomic E-state index is 3.85. The molecule has 0 aliphatic heterocycles. The maximum absolute atomic E-state index is 3.85. The molecule has 1 heteroatoms. The van der Waals surface area contributed by atoms with Crippen molar-refractivity contribution in [2.45, 2.75) is 76.8 Å². The van der Waals surface area contributed by atoms with Crippen LogP contribution in [0.1, 0.15) is 64.7 Å². The lowest BCUT2D eigenvalue weighted by molar-refractivity contribution is 0.344. The van der Waals surface area contributed by atoms with Crippen LogP contribution in [0.25, 0.3) is 0 Å². The molecule has 0 amide bonds. The largest absolute Gasteiger partial charge is 0.311 e. The van der Waals surface area contributed by atoms with E-state index in [0.717, 1.165) is 18.0 Å². The highest BCUT2D eigenvalue weighted by Gasteiger charge is 2.29. The zero-order valence-electron chi connectivity index (χ0n) is 9.60. The van der Waals surface area contributed by atoms with Crippen molar-refractivity contribution < 1.29 is 0 Å². The maximum Gasteiger partial charge on any atom is 0.00696 e. The lowest BCUT2D eigenvalue weighted by Crippen LogP contribution is -2.38. The summed E-state index contributed by atoms with van der Waals surface area (Å²) in [7, 11) is 0. The first-order valence-electron chi connectivity index (χ1n) is 6.62. The Balaban J connectivity index is 1.70. The highest BCUT2D eigenvalue weighted by atomic mass is 15.0. The van der Waals surface area contributed by atoms with Gasteiger partial charge in [-0.2, -0.15) is 0 Å². The van der Waals surface area contributed by atoms with Gasteiger partial charge in [0.15, 0.2) is 0 Å². The third kappa shape index (κ3) is 3.27. The molecule has 0 radical (unpaired) electrons. The van der Waals surface area contributed by atoms with Gasteiger partial charge in [0, 0.05) is 12.1 Å². The van der Waals surface area contributed by atoms with E-state index in [0.29, 0.717) is 0 Å². The van der Waals surface area contributed by atoms with Crippen molar-refractivity contribution in [2.75, 3.05) is 0 Å². The van der Waals surface area contributed by atoms with Gasteiger partial charge in [0.05, 0.1) is 0 Å². The van der Waals surface area contributed by atoms with Crippen LogP contribution in [0, 0.1) is 5.92 Å². The predicted octanol–water partition coefficient (Wildman–Crippen LogP) is 3.49. The van der Waals surface area contributed by atoms with E-state index in [1.54, 1.807) is 0 Å². The number of nitrogens with one attached hydrogen (secondary N) is 1. The van der Waals surface area contributed by atoms with E-state index in [-0.39, 0.29) is 0 Å². The van der Waals surface area contributed by atoms with Crippen molar-refractivity contribution in [1.29, 1.82) is 0 Å². The molecule has 1 N–H and O–H groups in total. The number of rotatable bonds is 3. The third-order valence-corrected chi connectivity index (χ3v) is 3.93. The van der Waals surface area contributed by atoms with Crippen LogP contribution in [0.2, 0.25) is 0 Å². The summed E-state index contributed by atoms with van der Waals surface area (Å²) in [6.45, 7) is 2.39. The SMILES string of the molecule is C[C@@H](NC1CCCCCCC1)C1CC1. The van der Waals surface area contributed by atoms with E-state index >= 15 is 0 Å². The fraction of sp³-hybridized carbons (Fsp3) is 1.00. The highest BCUT2D eigenvalue weighted by Crippen LogP contribution is 2.33. The standard InChI is InChI=1S/C13H25N/c1-11(12-9-10-12)14-13-7-5-3-2-4-6-8-13/h11-14H,2-10H2,1H3/t11-/m1/s1. The van der Waals surface area contributed by atoms with Gasteiger partial charge in [0.1, 0.15) is 0 Å². The molecule has 2 rings (SSSR count). The summed E-state index contributed by atoms with van der Waals surface area (Å²) in [6, 6.07) is 1.63. The minimum Gasteiger partial charge on any atom is -0.311 e. The van der Waals surface area contributed by atoms with Crippen molar-refractivity contribution >= 4 is 0 Å². The fourth-order valence-electron chi connectivity index (χ4n) is 2.73. The van der Waals surface area contributed by atoms with Gasteiger partial charge < -0.3 is 5.32 Å². The molecular formula is C13H25N. The number of hydrogen-bond acceptors (Lipinski definition) is 1. The Morgan fingerprint density at radius 3 is 2.00 bits per heavy atom. The minimum atomic E-state index is 0.791. The first-order valence-corrected chi connectivity index (χ1v) is 6.62. The Bertz CT molecular complexity index is 155. The smallest absolute Gasteiger partial charge is 0.00696 e. The van der Waals surface area contributed by atoms with E-state index in [4.69, 9.17) is 0 Å². The van der Waals surface area contributed by atoms with E-state index in [9.17, 15) is 0 Å². The van der Waals surface area contributed by atoms with Gasteiger partial charge in [-0.25, -0.2) is 0 Å². The van der Waals surface area contributed by atoms with Crippen LogP contribution in [0.4, 0.5) is 0 Å². The molecule has 0 saturated heterocycles.